The van der Waals surface area contributed by atoms with Crippen molar-refractivity contribution in [2.75, 3.05) is 0 Å². The maximum Gasteiger partial charge on any atom is 0.228 e. The van der Waals surface area contributed by atoms with Crippen LogP contribution < -0.4 is 0 Å². The summed E-state index contributed by atoms with van der Waals surface area (Å²) in [6, 6.07) is 53.0. The molecule has 6 nitrogen and oxygen atoms in total. The molecule has 0 atom stereocenters. The summed E-state index contributed by atoms with van der Waals surface area (Å²) in [4.78, 5) is 20.1. The van der Waals surface area contributed by atoms with Crippen LogP contribution in [0, 0.1) is 0 Å². The van der Waals surface area contributed by atoms with Crippen molar-refractivity contribution in [2.45, 2.75) is 0 Å². The Labute approximate surface area is 286 Å². The minimum absolute atomic E-state index is 0.525. The van der Waals surface area contributed by atoms with Crippen molar-refractivity contribution in [3.8, 4) is 56.7 Å². The van der Waals surface area contributed by atoms with Crippen LogP contribution in [0.3, 0.4) is 0 Å². The zero-order valence-electron chi connectivity index (χ0n) is 26.6. The number of para-hydroxylation sites is 1. The Hall–Kier alpha value is -6.92. The summed E-state index contributed by atoms with van der Waals surface area (Å²) < 4.78 is 13.0. The highest BCUT2D eigenvalue weighted by Gasteiger charge is 2.22. The zero-order chi connectivity index (χ0) is 33.0. The Morgan fingerprint density at radius 2 is 0.980 bits per heavy atom. The third-order valence-electron chi connectivity index (χ3n) is 9.17. The van der Waals surface area contributed by atoms with Crippen LogP contribution in [0.15, 0.2) is 167 Å². The van der Waals surface area contributed by atoms with E-state index in [1.54, 1.807) is 0 Å². The lowest BCUT2D eigenvalue weighted by atomic mass is 9.99. The second kappa shape index (κ2) is 11.4. The quantitative estimate of drug-likeness (QED) is 0.186. The molecule has 0 aliphatic heterocycles. The predicted octanol–water partition coefficient (Wildman–Crippen LogP) is 11.4. The van der Waals surface area contributed by atoms with Gasteiger partial charge in [0.25, 0.3) is 0 Å². The van der Waals surface area contributed by atoms with Gasteiger partial charge in [0.05, 0.1) is 5.56 Å². The van der Waals surface area contributed by atoms with Gasteiger partial charge in [-0.15, -0.1) is 0 Å². The second-order valence-electron chi connectivity index (χ2n) is 12.2. The summed E-state index contributed by atoms with van der Waals surface area (Å²) in [6.07, 6.45) is 0. The fourth-order valence-corrected chi connectivity index (χ4v) is 6.81. The highest BCUT2D eigenvalue weighted by molar-refractivity contribution is 6.14. The van der Waals surface area contributed by atoms with Gasteiger partial charge >= 0.3 is 0 Å². The van der Waals surface area contributed by atoms with E-state index in [1.807, 2.05) is 109 Å². The molecule has 10 rings (SSSR count). The molecular formula is C44H26N4O2. The normalized spacial score (nSPS) is 11.6. The van der Waals surface area contributed by atoms with Gasteiger partial charge in [0, 0.05) is 27.5 Å². The van der Waals surface area contributed by atoms with Gasteiger partial charge < -0.3 is 8.83 Å². The Morgan fingerprint density at radius 1 is 0.380 bits per heavy atom. The summed E-state index contributed by atoms with van der Waals surface area (Å²) in [5.41, 5.74) is 8.54. The number of hydrogen-bond acceptors (Lipinski definition) is 6. The minimum Gasteiger partial charge on any atom is -0.455 e. The lowest BCUT2D eigenvalue weighted by Gasteiger charge is -2.12. The molecule has 0 unspecified atom stereocenters. The van der Waals surface area contributed by atoms with Crippen molar-refractivity contribution in [1.82, 2.24) is 19.9 Å². The molecule has 0 saturated heterocycles. The first-order chi connectivity index (χ1) is 24.8. The fraction of sp³-hybridized carbons (Fsp3) is 0. The molecule has 50 heavy (non-hydrogen) atoms. The van der Waals surface area contributed by atoms with Gasteiger partial charge in [0.2, 0.25) is 5.89 Å². The van der Waals surface area contributed by atoms with Gasteiger partial charge in [-0.3, -0.25) is 0 Å². The number of furan rings is 1. The number of aromatic nitrogens is 4. The monoisotopic (exact) mass is 642 g/mol. The summed E-state index contributed by atoms with van der Waals surface area (Å²) in [6.45, 7) is 0. The zero-order valence-corrected chi connectivity index (χ0v) is 26.6. The van der Waals surface area contributed by atoms with E-state index in [0.717, 1.165) is 71.6 Å². The van der Waals surface area contributed by atoms with Gasteiger partial charge in [0.15, 0.2) is 23.1 Å². The van der Waals surface area contributed by atoms with E-state index >= 15 is 0 Å². The van der Waals surface area contributed by atoms with Crippen molar-refractivity contribution in [1.29, 1.82) is 0 Å². The highest BCUT2D eigenvalue weighted by atomic mass is 16.3. The van der Waals surface area contributed by atoms with Gasteiger partial charge in [-0.25, -0.2) is 19.9 Å². The highest BCUT2D eigenvalue weighted by Crippen LogP contribution is 2.41. The average molecular weight is 643 g/mol. The third-order valence-corrected chi connectivity index (χ3v) is 9.17. The largest absolute Gasteiger partial charge is 0.455 e. The summed E-state index contributed by atoms with van der Waals surface area (Å²) in [7, 11) is 0. The predicted molar refractivity (Wildman–Crippen MR) is 199 cm³/mol. The van der Waals surface area contributed by atoms with Crippen molar-refractivity contribution < 1.29 is 8.83 Å². The summed E-state index contributed by atoms with van der Waals surface area (Å²) >= 11 is 0. The maximum absolute atomic E-state index is 6.65. The van der Waals surface area contributed by atoms with Crippen molar-refractivity contribution >= 4 is 43.8 Å². The van der Waals surface area contributed by atoms with E-state index < -0.39 is 0 Å². The van der Waals surface area contributed by atoms with Crippen molar-refractivity contribution in [3.05, 3.63) is 158 Å². The van der Waals surface area contributed by atoms with E-state index in [0.29, 0.717) is 28.9 Å². The number of rotatable bonds is 5. The SMILES string of the molecule is c1ccc(-c2nc(-c3ccccc3-c3ccccc3)nc(-c3cccc4c3oc3cccc(-c5nc6cc7ccccc7cc6o5)c34)n2)cc1. The van der Waals surface area contributed by atoms with Crippen molar-refractivity contribution in [2.24, 2.45) is 0 Å². The molecule has 3 heterocycles. The van der Waals surface area contributed by atoms with E-state index in [9.17, 15) is 0 Å². The van der Waals surface area contributed by atoms with Gasteiger partial charge in [0.1, 0.15) is 16.7 Å². The molecule has 0 spiro atoms. The van der Waals surface area contributed by atoms with Crippen LogP contribution in [-0.2, 0) is 0 Å². The molecule has 0 bridgehead atoms. The molecule has 0 N–H and O–H groups in total. The second-order valence-corrected chi connectivity index (χ2v) is 12.2. The Balaban J connectivity index is 1.18. The van der Waals surface area contributed by atoms with E-state index in [-0.39, 0.29) is 0 Å². The van der Waals surface area contributed by atoms with Gasteiger partial charge in [-0.05, 0) is 52.2 Å². The average Bonchev–Trinajstić information content (AvgIpc) is 3.79. The lowest BCUT2D eigenvalue weighted by Crippen LogP contribution is -2.01. The Bertz CT molecular complexity index is 2820. The van der Waals surface area contributed by atoms with Gasteiger partial charge in [-0.2, -0.15) is 0 Å². The fourth-order valence-electron chi connectivity index (χ4n) is 6.81. The van der Waals surface area contributed by atoms with Crippen LogP contribution in [0.1, 0.15) is 0 Å². The Morgan fingerprint density at radius 3 is 1.78 bits per heavy atom. The molecule has 0 amide bonds. The van der Waals surface area contributed by atoms with E-state index in [2.05, 4.69) is 48.5 Å². The molecule has 0 saturated carbocycles. The molecular weight excluding hydrogens is 617 g/mol. The maximum atomic E-state index is 6.65. The number of nitrogens with zero attached hydrogens (tertiary/aromatic N) is 4. The van der Waals surface area contributed by atoms with Crippen LogP contribution >= 0.6 is 0 Å². The first-order valence-electron chi connectivity index (χ1n) is 16.5. The molecule has 234 valence electrons. The van der Waals surface area contributed by atoms with Crippen LogP contribution in [-0.4, -0.2) is 19.9 Å². The lowest BCUT2D eigenvalue weighted by molar-refractivity contribution is 0.620. The van der Waals surface area contributed by atoms with Crippen LogP contribution in [0.2, 0.25) is 0 Å². The minimum atomic E-state index is 0.525. The van der Waals surface area contributed by atoms with Crippen LogP contribution in [0.5, 0.6) is 0 Å². The molecule has 6 heteroatoms. The number of benzene rings is 7. The molecule has 0 fully saturated rings. The van der Waals surface area contributed by atoms with E-state index in [4.69, 9.17) is 28.8 Å². The first kappa shape index (κ1) is 28.1. The smallest absolute Gasteiger partial charge is 0.228 e. The first-order valence-corrected chi connectivity index (χ1v) is 16.5. The molecule has 0 radical (unpaired) electrons. The number of fused-ring (bicyclic) bond motifs is 5. The van der Waals surface area contributed by atoms with Crippen LogP contribution in [0.25, 0.3) is 101 Å². The third kappa shape index (κ3) is 4.65. The van der Waals surface area contributed by atoms with Crippen molar-refractivity contribution in [3.63, 3.8) is 0 Å². The summed E-state index contributed by atoms with van der Waals surface area (Å²) in [5, 5.41) is 4.08. The number of oxazole rings is 1. The van der Waals surface area contributed by atoms with Crippen LogP contribution in [0.4, 0.5) is 0 Å². The molecule has 0 aliphatic carbocycles. The molecule has 3 aromatic heterocycles. The number of hydrogen-bond donors (Lipinski definition) is 0. The standard InChI is InChI=1S/C44H26N4O2/c1-3-13-27(14-4-1)31-19-9-10-20-32(31)42-46-41(28-15-5-2-6-16-28)47-43(48-42)35-23-11-21-33-39-34(22-12-24-37(39)49-40(33)35)44-45-36-25-29-17-7-8-18-30(29)26-38(36)50-44/h1-26H. The Kier molecular flexibility index (Phi) is 6.39. The molecule has 10 aromatic rings. The summed E-state index contributed by atoms with van der Waals surface area (Å²) in [5.74, 6) is 2.24. The van der Waals surface area contributed by atoms with Gasteiger partial charge in [-0.1, -0.05) is 127 Å². The molecule has 7 aromatic carbocycles. The van der Waals surface area contributed by atoms with E-state index in [1.165, 1.54) is 0 Å². The topological polar surface area (TPSA) is 77.8 Å². The molecule has 0 aliphatic rings.